The summed E-state index contributed by atoms with van der Waals surface area (Å²) in [6.45, 7) is 7.39. The van der Waals surface area contributed by atoms with Gasteiger partial charge in [-0.2, -0.15) is 5.10 Å². The number of hydrogen-bond donors (Lipinski definition) is 1. The van der Waals surface area contributed by atoms with Crippen LogP contribution in [-0.2, 0) is 13.0 Å². The molecule has 1 aromatic carbocycles. The third kappa shape index (κ3) is 2.56. The van der Waals surface area contributed by atoms with Crippen LogP contribution in [0.5, 0.6) is 0 Å². The molecule has 1 heterocycles. The number of para-hydroxylation sites is 1. The van der Waals surface area contributed by atoms with Crippen LogP contribution in [0.3, 0.4) is 0 Å². The summed E-state index contributed by atoms with van der Waals surface area (Å²) in [6, 6.07) is 8.70. The lowest BCUT2D eigenvalue weighted by molar-refractivity contribution is 0.462. The number of fused-ring (bicyclic) bond motifs is 1. The van der Waals surface area contributed by atoms with Gasteiger partial charge in [0.2, 0.25) is 0 Å². The Morgan fingerprint density at radius 1 is 1.28 bits per heavy atom. The van der Waals surface area contributed by atoms with Crippen molar-refractivity contribution in [2.24, 2.45) is 11.7 Å². The third-order valence-electron chi connectivity index (χ3n) is 3.60. The summed E-state index contributed by atoms with van der Waals surface area (Å²) in [5, 5.41) is 5.97. The molecule has 2 rings (SSSR count). The van der Waals surface area contributed by atoms with Crippen LogP contribution in [0.4, 0.5) is 0 Å². The van der Waals surface area contributed by atoms with Crippen LogP contribution >= 0.6 is 0 Å². The van der Waals surface area contributed by atoms with Crippen LogP contribution in [0.15, 0.2) is 24.3 Å². The van der Waals surface area contributed by atoms with Gasteiger partial charge in [-0.15, -0.1) is 0 Å². The highest BCUT2D eigenvalue weighted by atomic mass is 15.3. The molecule has 0 amide bonds. The minimum Gasteiger partial charge on any atom is -0.327 e. The van der Waals surface area contributed by atoms with Crippen LogP contribution in [-0.4, -0.2) is 15.8 Å². The summed E-state index contributed by atoms with van der Waals surface area (Å²) in [4.78, 5) is 0. The lowest BCUT2D eigenvalue weighted by Gasteiger charge is -2.14. The second-order valence-electron chi connectivity index (χ2n) is 5.23. The average Bonchev–Trinajstić information content (AvgIpc) is 2.74. The van der Waals surface area contributed by atoms with E-state index in [-0.39, 0.29) is 6.04 Å². The molecule has 1 atom stereocenters. The van der Waals surface area contributed by atoms with Gasteiger partial charge in [-0.1, -0.05) is 32.0 Å². The molecule has 98 valence electrons. The van der Waals surface area contributed by atoms with Gasteiger partial charge < -0.3 is 5.73 Å². The molecule has 0 aliphatic heterocycles. The van der Waals surface area contributed by atoms with Gasteiger partial charge in [0.05, 0.1) is 11.2 Å². The molecule has 0 spiro atoms. The Morgan fingerprint density at radius 2 is 2.00 bits per heavy atom. The Bertz CT molecular complexity index is 513. The molecule has 3 nitrogen and oxygen atoms in total. The minimum absolute atomic E-state index is 0.260. The summed E-state index contributed by atoms with van der Waals surface area (Å²) < 4.78 is 2.07. The Hall–Kier alpha value is -1.35. The van der Waals surface area contributed by atoms with Crippen molar-refractivity contribution >= 4 is 10.9 Å². The first-order valence-corrected chi connectivity index (χ1v) is 6.83. The monoisotopic (exact) mass is 245 g/mol. The van der Waals surface area contributed by atoms with E-state index >= 15 is 0 Å². The van der Waals surface area contributed by atoms with E-state index in [2.05, 4.69) is 49.7 Å². The van der Waals surface area contributed by atoms with E-state index < -0.39 is 0 Å². The molecule has 1 unspecified atom stereocenters. The Labute approximate surface area is 109 Å². The second kappa shape index (κ2) is 5.53. The standard InChI is InChI=1S/C15H23N3/c1-4-18-15-8-6-5-7-12(15)14(17-18)10-9-13(16)11(2)3/h5-8,11,13H,4,9-10,16H2,1-3H3. The maximum atomic E-state index is 6.11. The van der Waals surface area contributed by atoms with Gasteiger partial charge in [-0.25, -0.2) is 0 Å². The Morgan fingerprint density at radius 3 is 2.67 bits per heavy atom. The van der Waals surface area contributed by atoms with Crippen LogP contribution in [0.1, 0.15) is 32.9 Å². The maximum Gasteiger partial charge on any atom is 0.0703 e. The first-order chi connectivity index (χ1) is 8.63. The highest BCUT2D eigenvalue weighted by molar-refractivity contribution is 5.81. The second-order valence-corrected chi connectivity index (χ2v) is 5.23. The topological polar surface area (TPSA) is 43.8 Å². The molecule has 0 bridgehead atoms. The van der Waals surface area contributed by atoms with Crippen molar-refractivity contribution in [2.75, 3.05) is 0 Å². The fraction of sp³-hybridized carbons (Fsp3) is 0.533. The first-order valence-electron chi connectivity index (χ1n) is 6.83. The smallest absolute Gasteiger partial charge is 0.0703 e. The van der Waals surface area contributed by atoms with Crippen molar-refractivity contribution in [3.63, 3.8) is 0 Å². The predicted molar refractivity (Wildman–Crippen MR) is 76.5 cm³/mol. The van der Waals surface area contributed by atoms with Crippen molar-refractivity contribution < 1.29 is 0 Å². The molecular weight excluding hydrogens is 222 g/mol. The largest absolute Gasteiger partial charge is 0.327 e. The van der Waals surface area contributed by atoms with Crippen LogP contribution in [0.2, 0.25) is 0 Å². The normalized spacial score (nSPS) is 13.4. The third-order valence-corrected chi connectivity index (χ3v) is 3.60. The van der Waals surface area contributed by atoms with Crippen molar-refractivity contribution in [1.82, 2.24) is 9.78 Å². The average molecular weight is 245 g/mol. The van der Waals surface area contributed by atoms with E-state index in [0.717, 1.165) is 19.4 Å². The lowest BCUT2D eigenvalue weighted by atomic mass is 9.99. The highest BCUT2D eigenvalue weighted by Gasteiger charge is 2.12. The van der Waals surface area contributed by atoms with Crippen molar-refractivity contribution in [3.8, 4) is 0 Å². The molecule has 2 aromatic rings. The van der Waals surface area contributed by atoms with E-state index in [9.17, 15) is 0 Å². The zero-order valence-corrected chi connectivity index (χ0v) is 11.6. The van der Waals surface area contributed by atoms with Gasteiger partial charge in [0.1, 0.15) is 0 Å². The SMILES string of the molecule is CCn1nc(CCC(N)C(C)C)c2ccccc21. The molecule has 0 aliphatic rings. The zero-order valence-electron chi connectivity index (χ0n) is 11.6. The van der Waals surface area contributed by atoms with Gasteiger partial charge in [0.25, 0.3) is 0 Å². The van der Waals surface area contributed by atoms with E-state index in [1.807, 2.05) is 0 Å². The molecule has 0 radical (unpaired) electrons. The molecule has 18 heavy (non-hydrogen) atoms. The van der Waals surface area contributed by atoms with Crippen LogP contribution < -0.4 is 5.73 Å². The van der Waals surface area contributed by atoms with Gasteiger partial charge in [0.15, 0.2) is 0 Å². The van der Waals surface area contributed by atoms with E-state index in [1.54, 1.807) is 0 Å². The van der Waals surface area contributed by atoms with Crippen LogP contribution in [0.25, 0.3) is 10.9 Å². The van der Waals surface area contributed by atoms with E-state index in [0.29, 0.717) is 5.92 Å². The Balaban J connectivity index is 2.23. The highest BCUT2D eigenvalue weighted by Crippen LogP contribution is 2.20. The fourth-order valence-corrected chi connectivity index (χ4v) is 2.26. The molecule has 0 saturated heterocycles. The number of rotatable bonds is 5. The molecule has 0 aliphatic carbocycles. The van der Waals surface area contributed by atoms with E-state index in [4.69, 9.17) is 10.8 Å². The van der Waals surface area contributed by atoms with Gasteiger partial charge in [0, 0.05) is 18.0 Å². The molecule has 3 heteroatoms. The number of aryl methyl sites for hydroxylation is 2. The fourth-order valence-electron chi connectivity index (χ4n) is 2.26. The Kier molecular flexibility index (Phi) is 4.02. The van der Waals surface area contributed by atoms with Gasteiger partial charge in [-0.3, -0.25) is 4.68 Å². The van der Waals surface area contributed by atoms with Crippen molar-refractivity contribution in [3.05, 3.63) is 30.0 Å². The quantitative estimate of drug-likeness (QED) is 0.880. The summed E-state index contributed by atoms with van der Waals surface area (Å²) in [6.07, 6.45) is 1.97. The lowest BCUT2D eigenvalue weighted by Crippen LogP contribution is -2.26. The summed E-state index contributed by atoms with van der Waals surface area (Å²) in [7, 11) is 0. The number of nitrogens with zero attached hydrogens (tertiary/aromatic N) is 2. The molecule has 0 fully saturated rings. The molecule has 2 N–H and O–H groups in total. The van der Waals surface area contributed by atoms with Gasteiger partial charge in [-0.05, 0) is 31.7 Å². The maximum absolute atomic E-state index is 6.11. The number of hydrogen-bond acceptors (Lipinski definition) is 2. The van der Waals surface area contributed by atoms with Crippen LogP contribution in [0, 0.1) is 5.92 Å². The molecule has 0 saturated carbocycles. The summed E-state index contributed by atoms with van der Waals surface area (Å²) >= 11 is 0. The predicted octanol–water partition coefficient (Wildman–Crippen LogP) is 2.97. The first kappa shape index (κ1) is 13.1. The number of nitrogens with two attached hydrogens (primary N) is 1. The molecule has 1 aromatic heterocycles. The summed E-state index contributed by atoms with van der Waals surface area (Å²) in [5.74, 6) is 0.532. The van der Waals surface area contributed by atoms with Gasteiger partial charge >= 0.3 is 0 Å². The minimum atomic E-state index is 0.260. The summed E-state index contributed by atoms with van der Waals surface area (Å²) in [5.41, 5.74) is 8.53. The van der Waals surface area contributed by atoms with Crippen molar-refractivity contribution in [1.29, 1.82) is 0 Å². The number of aromatic nitrogens is 2. The number of benzene rings is 1. The zero-order chi connectivity index (χ0) is 13.1. The van der Waals surface area contributed by atoms with E-state index in [1.165, 1.54) is 16.6 Å². The van der Waals surface area contributed by atoms with Crippen molar-refractivity contribution in [2.45, 2.75) is 46.2 Å². The molecular formula is C15H23N3.